The molecule has 0 radical (unpaired) electrons. The minimum atomic E-state index is -0.0317. The molecule has 2 aliphatic heterocycles. The molecule has 1 aromatic carbocycles. The predicted octanol–water partition coefficient (Wildman–Crippen LogP) is 2.37. The molecule has 1 N–H and O–H groups in total. The van der Waals surface area contributed by atoms with Gasteiger partial charge in [-0.15, -0.1) is 0 Å². The number of nitrogens with zero attached hydrogens (tertiary/aromatic N) is 3. The van der Waals surface area contributed by atoms with Crippen molar-refractivity contribution in [1.82, 2.24) is 19.8 Å². The maximum Gasteiger partial charge on any atom is 0.236 e. The standard InChI is InChI=1S/C23H32N4O3/c1-18-22(25-17-24-18)14-26-12-21(30-16-20-5-3-2-4-6-20)13-27(23(28)15-26)11-19-7-9-29-10-8-19/h2-6,17,19,21H,7-16H2,1H3,(H,24,25). The summed E-state index contributed by atoms with van der Waals surface area (Å²) in [5.74, 6) is 0.693. The fraction of sp³-hybridized carbons (Fsp3) is 0.565. The summed E-state index contributed by atoms with van der Waals surface area (Å²) in [4.78, 5) is 24.8. The third-order valence-electron chi connectivity index (χ3n) is 6.05. The zero-order chi connectivity index (χ0) is 20.8. The predicted molar refractivity (Wildman–Crippen MR) is 114 cm³/mol. The van der Waals surface area contributed by atoms with Gasteiger partial charge in [0.05, 0.1) is 31.3 Å². The Kier molecular flexibility index (Phi) is 7.15. The van der Waals surface area contributed by atoms with E-state index in [9.17, 15) is 4.79 Å². The molecule has 0 bridgehead atoms. The van der Waals surface area contributed by atoms with Crippen molar-refractivity contribution in [3.8, 4) is 0 Å². The number of carbonyl (C=O) groups is 1. The number of aromatic amines is 1. The van der Waals surface area contributed by atoms with Gasteiger partial charge in [-0.3, -0.25) is 9.69 Å². The minimum absolute atomic E-state index is 0.0317. The molecule has 1 aromatic heterocycles. The molecule has 1 atom stereocenters. The van der Waals surface area contributed by atoms with Crippen molar-refractivity contribution in [1.29, 1.82) is 0 Å². The van der Waals surface area contributed by atoms with Gasteiger partial charge in [-0.1, -0.05) is 30.3 Å². The zero-order valence-electron chi connectivity index (χ0n) is 17.8. The Hall–Kier alpha value is -2.22. The highest BCUT2D eigenvalue weighted by Crippen LogP contribution is 2.20. The highest BCUT2D eigenvalue weighted by atomic mass is 16.5. The maximum absolute atomic E-state index is 13.1. The lowest BCUT2D eigenvalue weighted by atomic mass is 9.99. The second-order valence-corrected chi connectivity index (χ2v) is 8.42. The van der Waals surface area contributed by atoms with E-state index in [4.69, 9.17) is 9.47 Å². The molecule has 1 unspecified atom stereocenters. The van der Waals surface area contributed by atoms with E-state index < -0.39 is 0 Å². The van der Waals surface area contributed by atoms with Crippen molar-refractivity contribution in [3.05, 3.63) is 53.6 Å². The van der Waals surface area contributed by atoms with Gasteiger partial charge in [0, 0.05) is 45.1 Å². The number of carbonyl (C=O) groups excluding carboxylic acids is 1. The normalized spacial score (nSPS) is 21.7. The fourth-order valence-electron chi connectivity index (χ4n) is 4.24. The van der Waals surface area contributed by atoms with E-state index in [2.05, 4.69) is 27.0 Å². The highest BCUT2D eigenvalue weighted by Gasteiger charge is 2.30. The van der Waals surface area contributed by atoms with Crippen LogP contribution in [0.1, 0.15) is 29.8 Å². The monoisotopic (exact) mass is 412 g/mol. The van der Waals surface area contributed by atoms with Gasteiger partial charge in [-0.2, -0.15) is 0 Å². The van der Waals surface area contributed by atoms with Gasteiger partial charge in [0.2, 0.25) is 5.91 Å². The van der Waals surface area contributed by atoms with Gasteiger partial charge in [0.25, 0.3) is 0 Å². The first-order valence-electron chi connectivity index (χ1n) is 10.9. The average molecular weight is 413 g/mol. The van der Waals surface area contributed by atoms with E-state index in [1.54, 1.807) is 6.33 Å². The van der Waals surface area contributed by atoms with E-state index in [0.717, 1.165) is 56.1 Å². The second-order valence-electron chi connectivity index (χ2n) is 8.42. The largest absolute Gasteiger partial charge is 0.381 e. The van der Waals surface area contributed by atoms with Crippen LogP contribution in [0.25, 0.3) is 0 Å². The molecule has 7 nitrogen and oxygen atoms in total. The van der Waals surface area contributed by atoms with Crippen molar-refractivity contribution in [2.75, 3.05) is 39.4 Å². The van der Waals surface area contributed by atoms with Crippen molar-refractivity contribution in [2.24, 2.45) is 5.92 Å². The summed E-state index contributed by atoms with van der Waals surface area (Å²) in [7, 11) is 0. The summed E-state index contributed by atoms with van der Waals surface area (Å²) in [6.07, 6.45) is 3.73. The Morgan fingerprint density at radius 1 is 1.20 bits per heavy atom. The van der Waals surface area contributed by atoms with Crippen molar-refractivity contribution in [3.63, 3.8) is 0 Å². The number of amides is 1. The molecule has 3 heterocycles. The lowest BCUT2D eigenvalue weighted by Crippen LogP contribution is -2.42. The molecule has 30 heavy (non-hydrogen) atoms. The van der Waals surface area contributed by atoms with Crippen LogP contribution in [0.15, 0.2) is 36.7 Å². The van der Waals surface area contributed by atoms with Gasteiger partial charge in [0.1, 0.15) is 0 Å². The minimum Gasteiger partial charge on any atom is -0.381 e. The third-order valence-corrected chi connectivity index (χ3v) is 6.05. The lowest BCUT2D eigenvalue weighted by molar-refractivity contribution is -0.133. The topological polar surface area (TPSA) is 70.7 Å². The summed E-state index contributed by atoms with van der Waals surface area (Å²) in [6.45, 7) is 7.37. The molecule has 162 valence electrons. The fourth-order valence-corrected chi connectivity index (χ4v) is 4.24. The molecule has 2 aliphatic rings. The number of aromatic nitrogens is 2. The van der Waals surface area contributed by atoms with Crippen LogP contribution < -0.4 is 0 Å². The summed E-state index contributed by atoms with van der Waals surface area (Å²) < 4.78 is 11.8. The lowest BCUT2D eigenvalue weighted by Gasteiger charge is -2.30. The number of ether oxygens (including phenoxy) is 2. The molecular formula is C23H32N4O3. The Morgan fingerprint density at radius 3 is 2.73 bits per heavy atom. The smallest absolute Gasteiger partial charge is 0.236 e. The van der Waals surface area contributed by atoms with Gasteiger partial charge in [-0.05, 0) is 31.2 Å². The maximum atomic E-state index is 13.1. The average Bonchev–Trinajstić information content (AvgIpc) is 3.10. The second kappa shape index (κ2) is 10.2. The van der Waals surface area contributed by atoms with Crippen LogP contribution in [0.2, 0.25) is 0 Å². The van der Waals surface area contributed by atoms with Gasteiger partial charge in [-0.25, -0.2) is 4.98 Å². The van der Waals surface area contributed by atoms with Gasteiger partial charge < -0.3 is 19.4 Å². The number of rotatable bonds is 7. The van der Waals surface area contributed by atoms with Crippen LogP contribution in [0, 0.1) is 12.8 Å². The molecule has 4 rings (SSSR count). The Labute approximate surface area is 178 Å². The number of hydrogen-bond donors (Lipinski definition) is 1. The highest BCUT2D eigenvalue weighted by molar-refractivity contribution is 5.78. The van der Waals surface area contributed by atoms with E-state index in [-0.39, 0.29) is 12.0 Å². The number of imidazole rings is 1. The van der Waals surface area contributed by atoms with Crippen molar-refractivity contribution in [2.45, 2.75) is 39.0 Å². The molecule has 1 amide bonds. The molecule has 2 saturated heterocycles. The van der Waals surface area contributed by atoms with E-state index in [1.807, 2.05) is 30.0 Å². The number of nitrogens with one attached hydrogen (secondary N) is 1. The molecule has 0 aliphatic carbocycles. The van der Waals surface area contributed by atoms with Crippen LogP contribution >= 0.6 is 0 Å². The summed E-state index contributed by atoms with van der Waals surface area (Å²) >= 11 is 0. The summed E-state index contributed by atoms with van der Waals surface area (Å²) in [6, 6.07) is 10.2. The summed E-state index contributed by atoms with van der Waals surface area (Å²) in [5, 5.41) is 0. The SMILES string of the molecule is Cc1[nH]cnc1CN1CC(=O)N(CC2CCOCC2)CC(OCc2ccccc2)C1. The van der Waals surface area contributed by atoms with E-state index >= 15 is 0 Å². The first-order valence-corrected chi connectivity index (χ1v) is 10.9. The number of hydrogen-bond acceptors (Lipinski definition) is 5. The number of aryl methyl sites for hydroxylation is 1. The Balaban J connectivity index is 1.44. The van der Waals surface area contributed by atoms with Gasteiger partial charge in [0.15, 0.2) is 0 Å². The molecule has 2 fully saturated rings. The van der Waals surface area contributed by atoms with Crippen LogP contribution in [0.3, 0.4) is 0 Å². The third kappa shape index (κ3) is 5.68. The first-order chi connectivity index (χ1) is 14.7. The van der Waals surface area contributed by atoms with Crippen LogP contribution in [-0.2, 0) is 27.4 Å². The van der Waals surface area contributed by atoms with Crippen molar-refractivity contribution < 1.29 is 14.3 Å². The number of benzene rings is 1. The van der Waals surface area contributed by atoms with Crippen LogP contribution in [0.5, 0.6) is 0 Å². The molecular weight excluding hydrogens is 380 g/mol. The van der Waals surface area contributed by atoms with E-state index in [1.165, 1.54) is 0 Å². The zero-order valence-corrected chi connectivity index (χ0v) is 17.8. The summed E-state index contributed by atoms with van der Waals surface area (Å²) in [5.41, 5.74) is 3.19. The van der Waals surface area contributed by atoms with E-state index in [0.29, 0.717) is 32.2 Å². The molecule has 2 aromatic rings. The van der Waals surface area contributed by atoms with Gasteiger partial charge >= 0.3 is 0 Å². The first kappa shape index (κ1) is 21.0. The van der Waals surface area contributed by atoms with Crippen molar-refractivity contribution >= 4 is 5.91 Å². The van der Waals surface area contributed by atoms with Crippen LogP contribution in [0.4, 0.5) is 0 Å². The Bertz CT molecular complexity index is 804. The quantitative estimate of drug-likeness (QED) is 0.756. The van der Waals surface area contributed by atoms with Crippen LogP contribution in [-0.4, -0.2) is 71.2 Å². The molecule has 0 saturated carbocycles. The Morgan fingerprint density at radius 2 is 2.00 bits per heavy atom. The molecule has 7 heteroatoms. The molecule has 0 spiro atoms. The number of H-pyrrole nitrogens is 1.